The van der Waals surface area contributed by atoms with Gasteiger partial charge in [-0.1, -0.05) is 24.3 Å². The lowest BCUT2D eigenvalue weighted by atomic mass is 10.0. The molecule has 0 bridgehead atoms. The number of anilines is 1. The molecular weight excluding hydrogens is 186 g/mol. The number of para-hydroxylation sites is 2. The molecule has 0 fully saturated rings. The van der Waals surface area contributed by atoms with Crippen LogP contribution < -0.4 is 9.64 Å². The molecule has 0 radical (unpaired) electrons. The molecule has 2 aliphatic rings. The van der Waals surface area contributed by atoms with Crippen LogP contribution in [-0.2, 0) is 0 Å². The highest BCUT2D eigenvalue weighted by atomic mass is 16.5. The Hall–Kier alpha value is -1.70. The highest BCUT2D eigenvalue weighted by Crippen LogP contribution is 2.38. The first-order chi connectivity index (χ1) is 7.36. The molecule has 1 atom stereocenters. The fraction of sp³-hybridized carbons (Fsp3) is 0.231. The van der Waals surface area contributed by atoms with Crippen molar-refractivity contribution in [2.24, 2.45) is 0 Å². The topological polar surface area (TPSA) is 12.5 Å². The van der Waals surface area contributed by atoms with Crippen LogP contribution in [0.2, 0.25) is 0 Å². The van der Waals surface area contributed by atoms with Crippen LogP contribution in [0.1, 0.15) is 6.42 Å². The van der Waals surface area contributed by atoms with Crippen LogP contribution >= 0.6 is 0 Å². The first-order valence-corrected chi connectivity index (χ1v) is 5.23. The number of ether oxygens (including phenoxy) is 1. The van der Waals surface area contributed by atoms with E-state index in [1.807, 2.05) is 18.2 Å². The average molecular weight is 199 g/mol. The van der Waals surface area contributed by atoms with E-state index in [9.17, 15) is 0 Å². The monoisotopic (exact) mass is 199 g/mol. The quantitative estimate of drug-likeness (QED) is 0.637. The van der Waals surface area contributed by atoms with Crippen molar-refractivity contribution >= 4 is 5.69 Å². The predicted octanol–water partition coefficient (Wildman–Crippen LogP) is 2.73. The maximum Gasteiger partial charge on any atom is 0.150 e. The van der Waals surface area contributed by atoms with Gasteiger partial charge < -0.3 is 9.64 Å². The summed E-state index contributed by atoms with van der Waals surface area (Å²) in [5.41, 5.74) is 1.18. The van der Waals surface area contributed by atoms with Gasteiger partial charge in [0.2, 0.25) is 0 Å². The summed E-state index contributed by atoms with van der Waals surface area (Å²) in [6.07, 6.45) is 7.33. The Morgan fingerprint density at radius 1 is 1.33 bits per heavy atom. The fourth-order valence-electron chi connectivity index (χ4n) is 2.18. The number of nitrogens with zero attached hydrogens (tertiary/aromatic N) is 1. The molecule has 1 heterocycles. The van der Waals surface area contributed by atoms with Crippen LogP contribution in [0, 0.1) is 0 Å². The molecule has 1 aromatic carbocycles. The molecule has 2 heteroatoms. The summed E-state index contributed by atoms with van der Waals surface area (Å²) in [6.45, 7) is 0. The third-order valence-electron chi connectivity index (χ3n) is 3.02. The van der Waals surface area contributed by atoms with Gasteiger partial charge >= 0.3 is 0 Å². The lowest BCUT2D eigenvalue weighted by molar-refractivity contribution is 0.356. The summed E-state index contributed by atoms with van der Waals surface area (Å²) < 4.78 is 5.87. The van der Waals surface area contributed by atoms with E-state index in [1.54, 1.807) is 0 Å². The van der Waals surface area contributed by atoms with Crippen molar-refractivity contribution in [3.8, 4) is 5.75 Å². The Labute approximate surface area is 89.5 Å². The van der Waals surface area contributed by atoms with Crippen LogP contribution in [0.3, 0.4) is 0 Å². The van der Waals surface area contributed by atoms with Crippen molar-refractivity contribution in [1.29, 1.82) is 0 Å². The summed E-state index contributed by atoms with van der Waals surface area (Å²) in [5.74, 6) is 2.01. The molecule has 3 rings (SSSR count). The zero-order chi connectivity index (χ0) is 10.3. The molecule has 1 aliphatic carbocycles. The van der Waals surface area contributed by atoms with Crippen molar-refractivity contribution in [2.45, 2.75) is 12.5 Å². The number of hydrogen-bond donors (Lipinski definition) is 0. The summed E-state index contributed by atoms with van der Waals surface area (Å²) in [6, 6.07) is 8.54. The zero-order valence-corrected chi connectivity index (χ0v) is 8.68. The van der Waals surface area contributed by atoms with Crippen LogP contribution in [0.15, 0.2) is 48.3 Å². The van der Waals surface area contributed by atoms with Crippen molar-refractivity contribution in [1.82, 2.24) is 0 Å². The van der Waals surface area contributed by atoms with Crippen LogP contribution in [-0.4, -0.2) is 13.1 Å². The van der Waals surface area contributed by atoms with E-state index in [1.165, 1.54) is 5.69 Å². The summed E-state index contributed by atoms with van der Waals surface area (Å²) >= 11 is 0. The van der Waals surface area contributed by atoms with E-state index in [2.05, 4.69) is 36.2 Å². The number of benzene rings is 1. The smallest absolute Gasteiger partial charge is 0.150 e. The second-order valence-electron chi connectivity index (χ2n) is 3.93. The zero-order valence-electron chi connectivity index (χ0n) is 8.68. The summed E-state index contributed by atoms with van der Waals surface area (Å²) in [4.78, 5) is 2.29. The number of rotatable bonds is 0. The van der Waals surface area contributed by atoms with E-state index in [4.69, 9.17) is 4.74 Å². The van der Waals surface area contributed by atoms with E-state index >= 15 is 0 Å². The normalized spacial score (nSPS) is 22.6. The summed E-state index contributed by atoms with van der Waals surface area (Å²) in [5, 5.41) is 0. The standard InChI is InChI=1S/C13H13NO/c1-14-10-6-2-4-8-12(10)15-13-9-5-3-7-11(13)14/h2-6,8-9,11H,7H2,1H3. The van der Waals surface area contributed by atoms with Gasteiger partial charge in [0.25, 0.3) is 0 Å². The van der Waals surface area contributed by atoms with Crippen molar-refractivity contribution in [3.63, 3.8) is 0 Å². The molecule has 1 aromatic rings. The lowest BCUT2D eigenvalue weighted by Crippen LogP contribution is -2.39. The molecule has 0 aromatic heterocycles. The third-order valence-corrected chi connectivity index (χ3v) is 3.02. The largest absolute Gasteiger partial charge is 0.457 e. The molecule has 0 N–H and O–H groups in total. The maximum atomic E-state index is 5.87. The molecule has 76 valence electrons. The van der Waals surface area contributed by atoms with E-state index in [0.29, 0.717) is 6.04 Å². The van der Waals surface area contributed by atoms with Gasteiger partial charge in [-0.2, -0.15) is 0 Å². The first kappa shape index (κ1) is 8.60. The minimum absolute atomic E-state index is 0.366. The second-order valence-corrected chi connectivity index (χ2v) is 3.93. The maximum absolute atomic E-state index is 5.87. The second kappa shape index (κ2) is 3.16. The SMILES string of the molecule is CN1c2ccccc2OC2=CC=CCC21. The molecular formula is C13H13NO. The van der Waals surface area contributed by atoms with Gasteiger partial charge in [-0.15, -0.1) is 0 Å². The van der Waals surface area contributed by atoms with E-state index in [0.717, 1.165) is 17.9 Å². The Morgan fingerprint density at radius 2 is 2.20 bits per heavy atom. The van der Waals surface area contributed by atoms with Crippen LogP contribution in [0.5, 0.6) is 5.75 Å². The molecule has 1 aliphatic heterocycles. The number of likely N-dealkylation sites (N-methyl/N-ethyl adjacent to an activating group) is 1. The van der Waals surface area contributed by atoms with Gasteiger partial charge in [-0.3, -0.25) is 0 Å². The predicted molar refractivity (Wildman–Crippen MR) is 61.1 cm³/mol. The molecule has 1 unspecified atom stereocenters. The Balaban J connectivity index is 2.09. The number of allylic oxidation sites excluding steroid dienone is 2. The van der Waals surface area contributed by atoms with Gasteiger partial charge in [-0.25, -0.2) is 0 Å². The van der Waals surface area contributed by atoms with Crippen molar-refractivity contribution < 1.29 is 4.74 Å². The molecule has 15 heavy (non-hydrogen) atoms. The Bertz CT molecular complexity index is 448. The number of hydrogen-bond acceptors (Lipinski definition) is 2. The molecule has 0 saturated carbocycles. The Morgan fingerprint density at radius 3 is 3.13 bits per heavy atom. The van der Waals surface area contributed by atoms with Crippen molar-refractivity contribution in [2.75, 3.05) is 11.9 Å². The highest BCUT2D eigenvalue weighted by molar-refractivity contribution is 5.63. The third kappa shape index (κ3) is 1.25. The van der Waals surface area contributed by atoms with Gasteiger partial charge in [0.1, 0.15) is 11.5 Å². The molecule has 0 amide bonds. The lowest BCUT2D eigenvalue weighted by Gasteiger charge is -2.37. The molecule has 0 spiro atoms. The minimum atomic E-state index is 0.366. The summed E-state index contributed by atoms with van der Waals surface area (Å²) in [7, 11) is 2.12. The van der Waals surface area contributed by atoms with Gasteiger partial charge in [-0.05, 0) is 24.6 Å². The average Bonchev–Trinajstić information content (AvgIpc) is 2.30. The van der Waals surface area contributed by atoms with Gasteiger partial charge in [0, 0.05) is 7.05 Å². The van der Waals surface area contributed by atoms with Crippen LogP contribution in [0.25, 0.3) is 0 Å². The molecule has 0 saturated heterocycles. The van der Waals surface area contributed by atoms with Gasteiger partial charge in [0.15, 0.2) is 0 Å². The fourth-order valence-corrected chi connectivity index (χ4v) is 2.18. The minimum Gasteiger partial charge on any atom is -0.457 e. The first-order valence-electron chi connectivity index (χ1n) is 5.23. The van der Waals surface area contributed by atoms with Gasteiger partial charge in [0.05, 0.1) is 11.7 Å². The number of fused-ring (bicyclic) bond motifs is 2. The highest BCUT2D eigenvalue weighted by Gasteiger charge is 2.28. The van der Waals surface area contributed by atoms with E-state index in [-0.39, 0.29) is 0 Å². The van der Waals surface area contributed by atoms with Crippen LogP contribution in [0.4, 0.5) is 5.69 Å². The Kier molecular flexibility index (Phi) is 1.81. The van der Waals surface area contributed by atoms with Crippen molar-refractivity contribution in [3.05, 3.63) is 48.3 Å². The molecule has 2 nitrogen and oxygen atoms in total. The van der Waals surface area contributed by atoms with E-state index < -0.39 is 0 Å².